The van der Waals surface area contributed by atoms with E-state index >= 15 is 0 Å². The summed E-state index contributed by atoms with van der Waals surface area (Å²) < 4.78 is 0. The summed E-state index contributed by atoms with van der Waals surface area (Å²) in [6.07, 6.45) is 0. The highest BCUT2D eigenvalue weighted by molar-refractivity contribution is 6.18. The molecule has 1 aromatic heterocycles. The van der Waals surface area contributed by atoms with Gasteiger partial charge in [-0.15, -0.1) is 11.6 Å². The predicted molar refractivity (Wildman–Crippen MR) is 56.6 cm³/mol. The summed E-state index contributed by atoms with van der Waals surface area (Å²) in [5.74, 6) is 0.361. The van der Waals surface area contributed by atoms with Crippen LogP contribution in [-0.4, -0.2) is 15.8 Å². The average molecular weight is 212 g/mol. The van der Waals surface area contributed by atoms with Crippen molar-refractivity contribution in [1.29, 1.82) is 0 Å². The molecule has 0 aliphatic heterocycles. The highest BCUT2D eigenvalue weighted by Crippen LogP contribution is 2.16. The summed E-state index contributed by atoms with van der Waals surface area (Å²) in [4.78, 5) is 16.3. The fourth-order valence-electron chi connectivity index (χ4n) is 1.37. The number of imidazole rings is 1. The quantitative estimate of drug-likeness (QED) is 0.651. The van der Waals surface area contributed by atoms with Crippen LogP contribution in [0.1, 0.15) is 11.6 Å². The second-order valence-corrected chi connectivity index (χ2v) is 3.45. The number of benzene rings is 1. The zero-order chi connectivity index (χ0) is 10.1. The summed E-state index contributed by atoms with van der Waals surface area (Å²) in [7, 11) is 0. The first-order chi connectivity index (χ1) is 6.70. The highest BCUT2D eigenvalue weighted by atomic mass is 35.5. The third-order valence-electron chi connectivity index (χ3n) is 2.13. The smallest absolute Gasteiger partial charge is 0.323 e. The molecule has 0 saturated carbocycles. The standard InChI is InChI=1S/C9H10ClN3O/c10-4-6(11)5-1-2-7-8(3-5)13-9(14)12-7/h1-3,6H,4,11H2,(H2,12,13,14). The van der Waals surface area contributed by atoms with Crippen LogP contribution < -0.4 is 11.4 Å². The SMILES string of the molecule is NC(CCl)c1ccc2[nH]c(=O)[nH]c2c1. The van der Waals surface area contributed by atoms with Gasteiger partial charge in [0, 0.05) is 11.9 Å². The van der Waals surface area contributed by atoms with Crippen LogP contribution in [0.4, 0.5) is 0 Å². The molecular weight excluding hydrogens is 202 g/mol. The number of aromatic nitrogens is 2. The summed E-state index contributed by atoms with van der Waals surface area (Å²) in [6.45, 7) is 0. The molecule has 74 valence electrons. The van der Waals surface area contributed by atoms with E-state index in [0.717, 1.165) is 16.6 Å². The molecule has 0 fully saturated rings. The van der Waals surface area contributed by atoms with Gasteiger partial charge < -0.3 is 15.7 Å². The molecule has 0 aliphatic rings. The van der Waals surface area contributed by atoms with Gasteiger partial charge in [0.25, 0.3) is 0 Å². The summed E-state index contributed by atoms with van der Waals surface area (Å²) in [6, 6.07) is 5.31. The molecular formula is C9H10ClN3O. The molecule has 0 spiro atoms. The van der Waals surface area contributed by atoms with Gasteiger partial charge in [-0.3, -0.25) is 0 Å². The lowest BCUT2D eigenvalue weighted by molar-refractivity contribution is 0.828. The summed E-state index contributed by atoms with van der Waals surface area (Å²) >= 11 is 5.64. The fourth-order valence-corrected chi connectivity index (χ4v) is 1.55. The number of halogens is 1. The number of hydrogen-bond donors (Lipinski definition) is 3. The molecule has 0 radical (unpaired) electrons. The summed E-state index contributed by atoms with van der Waals surface area (Å²) in [5, 5.41) is 0. The largest absolute Gasteiger partial charge is 0.323 e. The number of nitrogens with one attached hydrogen (secondary N) is 2. The van der Waals surface area contributed by atoms with Crippen LogP contribution in [0.5, 0.6) is 0 Å². The van der Waals surface area contributed by atoms with Crippen molar-refractivity contribution >= 4 is 22.6 Å². The number of nitrogens with two attached hydrogens (primary N) is 1. The van der Waals surface area contributed by atoms with Gasteiger partial charge in [0.05, 0.1) is 11.0 Å². The minimum atomic E-state index is -0.211. The average Bonchev–Trinajstić information content (AvgIpc) is 2.55. The Morgan fingerprint density at radius 1 is 1.36 bits per heavy atom. The second-order valence-electron chi connectivity index (χ2n) is 3.14. The van der Waals surface area contributed by atoms with Crippen LogP contribution in [0.15, 0.2) is 23.0 Å². The van der Waals surface area contributed by atoms with Crippen molar-refractivity contribution in [1.82, 2.24) is 9.97 Å². The Labute approximate surface area is 85.1 Å². The normalized spacial score (nSPS) is 13.3. The Morgan fingerprint density at radius 3 is 2.79 bits per heavy atom. The zero-order valence-electron chi connectivity index (χ0n) is 7.38. The highest BCUT2D eigenvalue weighted by Gasteiger charge is 2.05. The first-order valence-corrected chi connectivity index (χ1v) is 4.77. The predicted octanol–water partition coefficient (Wildman–Crippen LogP) is 1.09. The van der Waals surface area contributed by atoms with Crippen LogP contribution >= 0.6 is 11.6 Å². The van der Waals surface area contributed by atoms with E-state index in [1.54, 1.807) is 0 Å². The maximum Gasteiger partial charge on any atom is 0.323 e. The zero-order valence-corrected chi connectivity index (χ0v) is 8.14. The summed E-state index contributed by atoms with van der Waals surface area (Å²) in [5.41, 5.74) is 8.00. The van der Waals surface area contributed by atoms with Crippen molar-refractivity contribution in [3.05, 3.63) is 34.2 Å². The van der Waals surface area contributed by atoms with Crippen molar-refractivity contribution < 1.29 is 0 Å². The van der Waals surface area contributed by atoms with E-state index in [1.165, 1.54) is 0 Å². The van der Waals surface area contributed by atoms with Crippen LogP contribution in [0, 0.1) is 0 Å². The van der Waals surface area contributed by atoms with Crippen molar-refractivity contribution in [3.8, 4) is 0 Å². The third-order valence-corrected chi connectivity index (χ3v) is 2.47. The van der Waals surface area contributed by atoms with Gasteiger partial charge >= 0.3 is 5.69 Å². The number of aromatic amines is 2. The van der Waals surface area contributed by atoms with Gasteiger partial charge in [-0.25, -0.2) is 4.79 Å². The van der Waals surface area contributed by atoms with E-state index in [-0.39, 0.29) is 11.7 Å². The maximum absolute atomic E-state index is 11.0. The molecule has 4 nitrogen and oxygen atoms in total. The molecule has 1 atom stereocenters. The molecule has 14 heavy (non-hydrogen) atoms. The van der Waals surface area contributed by atoms with E-state index in [0.29, 0.717) is 5.88 Å². The molecule has 0 aliphatic carbocycles. The molecule has 0 saturated heterocycles. The molecule has 0 amide bonds. The van der Waals surface area contributed by atoms with Crippen LogP contribution in [0.2, 0.25) is 0 Å². The van der Waals surface area contributed by atoms with Gasteiger partial charge in [-0.1, -0.05) is 6.07 Å². The number of alkyl halides is 1. The van der Waals surface area contributed by atoms with E-state index in [9.17, 15) is 4.79 Å². The molecule has 2 rings (SSSR count). The lowest BCUT2D eigenvalue weighted by atomic mass is 10.1. The van der Waals surface area contributed by atoms with Crippen LogP contribution in [-0.2, 0) is 0 Å². The molecule has 4 N–H and O–H groups in total. The van der Waals surface area contributed by atoms with Crippen molar-refractivity contribution in [2.45, 2.75) is 6.04 Å². The monoisotopic (exact) mass is 211 g/mol. The van der Waals surface area contributed by atoms with Gasteiger partial charge in [-0.2, -0.15) is 0 Å². The van der Waals surface area contributed by atoms with Gasteiger partial charge in [0.2, 0.25) is 0 Å². The maximum atomic E-state index is 11.0. The lowest BCUT2D eigenvalue weighted by Crippen LogP contribution is -2.11. The van der Waals surface area contributed by atoms with Crippen molar-refractivity contribution in [2.24, 2.45) is 5.73 Å². The van der Waals surface area contributed by atoms with Gasteiger partial charge in [-0.05, 0) is 17.7 Å². The van der Waals surface area contributed by atoms with Crippen LogP contribution in [0.3, 0.4) is 0 Å². The fraction of sp³-hybridized carbons (Fsp3) is 0.222. The molecule has 1 aromatic carbocycles. The van der Waals surface area contributed by atoms with Gasteiger partial charge in [0.1, 0.15) is 0 Å². The van der Waals surface area contributed by atoms with Crippen molar-refractivity contribution in [3.63, 3.8) is 0 Å². The van der Waals surface area contributed by atoms with Gasteiger partial charge in [0.15, 0.2) is 0 Å². The van der Waals surface area contributed by atoms with E-state index < -0.39 is 0 Å². The minimum Gasteiger partial charge on any atom is -0.323 e. The van der Waals surface area contributed by atoms with Crippen molar-refractivity contribution in [2.75, 3.05) is 5.88 Å². The Kier molecular flexibility index (Phi) is 2.31. The Balaban J connectivity index is 2.55. The number of rotatable bonds is 2. The second kappa shape index (κ2) is 3.48. The van der Waals surface area contributed by atoms with E-state index in [1.807, 2.05) is 18.2 Å². The minimum absolute atomic E-state index is 0.195. The first kappa shape index (κ1) is 9.30. The molecule has 1 heterocycles. The lowest BCUT2D eigenvalue weighted by Gasteiger charge is -2.06. The number of H-pyrrole nitrogens is 2. The Hall–Kier alpha value is -1.26. The Morgan fingerprint density at radius 2 is 2.07 bits per heavy atom. The molecule has 2 aromatic rings. The third kappa shape index (κ3) is 1.54. The number of fused-ring (bicyclic) bond motifs is 1. The molecule has 5 heteroatoms. The Bertz CT molecular complexity index is 502. The first-order valence-electron chi connectivity index (χ1n) is 4.24. The molecule has 1 unspecified atom stereocenters. The topological polar surface area (TPSA) is 74.7 Å². The van der Waals surface area contributed by atoms with E-state index in [2.05, 4.69) is 9.97 Å². The van der Waals surface area contributed by atoms with Crippen LogP contribution in [0.25, 0.3) is 11.0 Å². The molecule has 0 bridgehead atoms. The number of hydrogen-bond acceptors (Lipinski definition) is 2. The van der Waals surface area contributed by atoms with E-state index in [4.69, 9.17) is 17.3 Å².